The van der Waals surface area contributed by atoms with Crippen LogP contribution in [0.1, 0.15) is 5.56 Å². The normalized spacial score (nSPS) is 11.1. The van der Waals surface area contributed by atoms with E-state index in [0.717, 1.165) is 6.07 Å². The summed E-state index contributed by atoms with van der Waals surface area (Å²) in [6.45, 7) is 0. The summed E-state index contributed by atoms with van der Waals surface area (Å²) in [5.41, 5.74) is 0.779. The molecule has 3 aromatic rings. The number of halogens is 1. The van der Waals surface area contributed by atoms with E-state index in [2.05, 4.69) is 0 Å². The van der Waals surface area contributed by atoms with Gasteiger partial charge in [-0.3, -0.25) is 9.59 Å². The average molecular weight is 272 g/mol. The molecule has 0 saturated heterocycles. The molecule has 5 heteroatoms. The lowest BCUT2D eigenvalue weighted by atomic mass is 10.1. The molecule has 1 heterocycles. The molecule has 20 heavy (non-hydrogen) atoms. The Kier molecular flexibility index (Phi) is 2.75. The summed E-state index contributed by atoms with van der Waals surface area (Å²) in [4.78, 5) is 22.9. The van der Waals surface area contributed by atoms with Gasteiger partial charge in [0.25, 0.3) is 0 Å². The molecule has 0 aliphatic rings. The van der Waals surface area contributed by atoms with Gasteiger partial charge in [-0.1, -0.05) is 6.07 Å². The van der Waals surface area contributed by atoms with E-state index in [9.17, 15) is 14.0 Å². The van der Waals surface area contributed by atoms with Crippen LogP contribution in [-0.2, 0) is 11.2 Å². The lowest BCUT2D eigenvalue weighted by Crippen LogP contribution is -2.04. The second-order valence-electron chi connectivity index (χ2n) is 4.47. The van der Waals surface area contributed by atoms with E-state index in [-0.39, 0.29) is 22.8 Å². The van der Waals surface area contributed by atoms with Crippen molar-refractivity contribution in [3.63, 3.8) is 0 Å². The largest absolute Gasteiger partial charge is 0.481 e. The molecule has 2 aromatic carbocycles. The molecule has 1 N–H and O–H groups in total. The van der Waals surface area contributed by atoms with Crippen molar-refractivity contribution in [3.05, 3.63) is 58.0 Å². The van der Waals surface area contributed by atoms with Crippen molar-refractivity contribution in [3.8, 4) is 0 Å². The maximum Gasteiger partial charge on any atom is 0.307 e. The quantitative estimate of drug-likeness (QED) is 0.728. The van der Waals surface area contributed by atoms with Gasteiger partial charge in [-0.05, 0) is 35.9 Å². The maximum atomic E-state index is 13.2. The fourth-order valence-electron chi connectivity index (χ4n) is 2.16. The van der Waals surface area contributed by atoms with Gasteiger partial charge in [0.2, 0.25) is 5.43 Å². The molecule has 0 aliphatic carbocycles. The van der Waals surface area contributed by atoms with E-state index in [1.807, 2.05) is 0 Å². The van der Waals surface area contributed by atoms with Crippen LogP contribution in [0.4, 0.5) is 4.39 Å². The predicted octanol–water partition coefficient (Wildman–Crippen LogP) is 2.71. The Bertz CT molecular complexity index is 895. The summed E-state index contributed by atoms with van der Waals surface area (Å²) in [5, 5.41) is 9.23. The minimum atomic E-state index is -0.963. The van der Waals surface area contributed by atoms with Gasteiger partial charge in [-0.25, -0.2) is 4.39 Å². The molecule has 0 saturated carbocycles. The molecule has 0 bridgehead atoms. The molecule has 0 unspecified atom stereocenters. The minimum Gasteiger partial charge on any atom is -0.481 e. The van der Waals surface area contributed by atoms with Crippen molar-refractivity contribution in [2.24, 2.45) is 0 Å². The average Bonchev–Trinajstić information content (AvgIpc) is 2.39. The second kappa shape index (κ2) is 4.45. The van der Waals surface area contributed by atoms with E-state index in [0.29, 0.717) is 16.5 Å². The molecular weight excluding hydrogens is 263 g/mol. The van der Waals surface area contributed by atoms with Crippen LogP contribution in [0.15, 0.2) is 45.6 Å². The van der Waals surface area contributed by atoms with E-state index in [4.69, 9.17) is 9.52 Å². The smallest absolute Gasteiger partial charge is 0.307 e. The topological polar surface area (TPSA) is 67.5 Å². The van der Waals surface area contributed by atoms with Crippen LogP contribution >= 0.6 is 0 Å². The van der Waals surface area contributed by atoms with Gasteiger partial charge in [0, 0.05) is 0 Å². The molecule has 0 fully saturated rings. The molecule has 0 amide bonds. The zero-order valence-electron chi connectivity index (χ0n) is 10.2. The Hall–Kier alpha value is -2.69. The molecule has 0 aliphatic heterocycles. The Morgan fingerprint density at radius 1 is 1.10 bits per heavy atom. The zero-order chi connectivity index (χ0) is 14.3. The highest BCUT2D eigenvalue weighted by atomic mass is 19.1. The van der Waals surface area contributed by atoms with Crippen LogP contribution in [0, 0.1) is 5.82 Å². The van der Waals surface area contributed by atoms with Gasteiger partial charge in [0.15, 0.2) is 0 Å². The fraction of sp³-hybridized carbons (Fsp3) is 0.0667. The first-order valence-corrected chi connectivity index (χ1v) is 5.91. The van der Waals surface area contributed by atoms with Crippen molar-refractivity contribution >= 4 is 27.9 Å². The van der Waals surface area contributed by atoms with Gasteiger partial charge in [-0.15, -0.1) is 0 Å². The summed E-state index contributed by atoms with van der Waals surface area (Å²) in [7, 11) is 0. The Morgan fingerprint density at radius 2 is 1.90 bits per heavy atom. The molecule has 0 spiro atoms. The SMILES string of the molecule is O=C(O)Cc1ccc2c(=O)c3cc(F)ccc3oc2c1. The monoisotopic (exact) mass is 272 g/mol. The number of hydrogen-bond donors (Lipinski definition) is 1. The number of rotatable bonds is 2. The van der Waals surface area contributed by atoms with Gasteiger partial charge >= 0.3 is 5.97 Å². The first-order chi connectivity index (χ1) is 9.54. The van der Waals surface area contributed by atoms with Crippen molar-refractivity contribution in [1.29, 1.82) is 0 Å². The van der Waals surface area contributed by atoms with Crippen molar-refractivity contribution in [2.75, 3.05) is 0 Å². The number of fused-ring (bicyclic) bond motifs is 2. The number of hydrogen-bond acceptors (Lipinski definition) is 3. The third-order valence-corrected chi connectivity index (χ3v) is 3.05. The van der Waals surface area contributed by atoms with Crippen LogP contribution in [0.3, 0.4) is 0 Å². The van der Waals surface area contributed by atoms with E-state index in [1.54, 1.807) is 6.07 Å². The lowest BCUT2D eigenvalue weighted by molar-refractivity contribution is -0.136. The minimum absolute atomic E-state index is 0.152. The number of aliphatic carboxylic acids is 1. The van der Waals surface area contributed by atoms with E-state index < -0.39 is 11.8 Å². The van der Waals surface area contributed by atoms with E-state index >= 15 is 0 Å². The number of carboxylic acid groups (broad SMARTS) is 1. The third-order valence-electron chi connectivity index (χ3n) is 3.05. The molecule has 0 radical (unpaired) electrons. The predicted molar refractivity (Wildman–Crippen MR) is 71.3 cm³/mol. The zero-order valence-corrected chi connectivity index (χ0v) is 10.2. The van der Waals surface area contributed by atoms with Crippen LogP contribution in [0.25, 0.3) is 21.9 Å². The second-order valence-corrected chi connectivity index (χ2v) is 4.47. The maximum absolute atomic E-state index is 13.2. The Balaban J connectivity index is 2.32. The highest BCUT2D eigenvalue weighted by molar-refractivity contribution is 5.90. The summed E-state index contributed by atoms with van der Waals surface area (Å²) in [6, 6.07) is 8.30. The molecule has 4 nitrogen and oxygen atoms in total. The Morgan fingerprint density at radius 3 is 2.65 bits per heavy atom. The summed E-state index contributed by atoms with van der Waals surface area (Å²) >= 11 is 0. The van der Waals surface area contributed by atoms with Crippen molar-refractivity contribution in [2.45, 2.75) is 6.42 Å². The first-order valence-electron chi connectivity index (χ1n) is 5.91. The molecule has 100 valence electrons. The van der Waals surface area contributed by atoms with Gasteiger partial charge in [0.05, 0.1) is 17.2 Å². The van der Waals surface area contributed by atoms with Crippen LogP contribution in [0.2, 0.25) is 0 Å². The number of carbonyl (C=O) groups is 1. The fourth-order valence-corrected chi connectivity index (χ4v) is 2.16. The first kappa shape index (κ1) is 12.3. The van der Waals surface area contributed by atoms with Gasteiger partial charge in [0.1, 0.15) is 17.0 Å². The third kappa shape index (κ3) is 2.03. The molecule has 0 atom stereocenters. The summed E-state index contributed by atoms with van der Waals surface area (Å²) in [5.74, 6) is -1.47. The standard InChI is InChI=1S/C15H9FO4/c16-9-2-4-12-11(7-9)15(19)10-3-1-8(6-14(17)18)5-13(10)20-12/h1-5,7H,6H2,(H,17,18). The van der Waals surface area contributed by atoms with Crippen LogP contribution < -0.4 is 5.43 Å². The molecule has 3 rings (SSSR count). The summed E-state index contributed by atoms with van der Waals surface area (Å²) in [6.07, 6.45) is -0.152. The molecule has 1 aromatic heterocycles. The van der Waals surface area contributed by atoms with Gasteiger partial charge in [-0.2, -0.15) is 0 Å². The highest BCUT2D eigenvalue weighted by Crippen LogP contribution is 2.20. The lowest BCUT2D eigenvalue weighted by Gasteiger charge is -2.03. The van der Waals surface area contributed by atoms with E-state index in [1.165, 1.54) is 24.3 Å². The van der Waals surface area contributed by atoms with Gasteiger partial charge < -0.3 is 9.52 Å². The Labute approximate surface area is 112 Å². The molecular formula is C15H9FO4. The summed E-state index contributed by atoms with van der Waals surface area (Å²) < 4.78 is 18.7. The van der Waals surface area contributed by atoms with Crippen LogP contribution in [0.5, 0.6) is 0 Å². The highest BCUT2D eigenvalue weighted by Gasteiger charge is 2.10. The number of carboxylic acids is 1. The van der Waals surface area contributed by atoms with Crippen molar-refractivity contribution < 1.29 is 18.7 Å². The number of benzene rings is 2. The van der Waals surface area contributed by atoms with Crippen LogP contribution in [-0.4, -0.2) is 11.1 Å². The van der Waals surface area contributed by atoms with Crippen molar-refractivity contribution in [1.82, 2.24) is 0 Å².